The van der Waals surface area contributed by atoms with Crippen LogP contribution in [0.15, 0.2) is 65.6 Å². The highest BCUT2D eigenvalue weighted by Gasteiger charge is 2.32. The summed E-state index contributed by atoms with van der Waals surface area (Å²) >= 11 is 0. The summed E-state index contributed by atoms with van der Waals surface area (Å²) in [6.45, 7) is 4.05. The summed E-state index contributed by atoms with van der Waals surface area (Å²) in [4.78, 5) is 17.0. The summed E-state index contributed by atoms with van der Waals surface area (Å²) in [6, 6.07) is 18.2. The molecule has 6 nitrogen and oxygen atoms in total. The number of carbonyl (C=O) groups is 1. The summed E-state index contributed by atoms with van der Waals surface area (Å²) in [6.07, 6.45) is 0. The molecule has 0 radical (unpaired) electrons. The van der Waals surface area contributed by atoms with Crippen LogP contribution in [0, 0.1) is 0 Å². The van der Waals surface area contributed by atoms with Gasteiger partial charge in [-0.15, -0.1) is 0 Å². The van der Waals surface area contributed by atoms with Crippen molar-refractivity contribution in [3.63, 3.8) is 0 Å². The molecule has 2 aromatic carbocycles. The van der Waals surface area contributed by atoms with E-state index in [-0.39, 0.29) is 11.9 Å². The Morgan fingerprint density at radius 3 is 2.07 bits per heavy atom. The van der Waals surface area contributed by atoms with Gasteiger partial charge in [-0.1, -0.05) is 48.5 Å². The van der Waals surface area contributed by atoms with Crippen molar-refractivity contribution in [2.24, 2.45) is 0 Å². The number of sulfonamides is 1. The lowest BCUT2D eigenvalue weighted by Gasteiger charge is -2.36. The molecule has 7 heteroatoms. The zero-order chi connectivity index (χ0) is 20.1. The second kappa shape index (κ2) is 8.86. The van der Waals surface area contributed by atoms with Crippen LogP contribution in [0.25, 0.3) is 0 Å². The SMILES string of the molecule is C[C@@H](C(=O)N1CCN(S(=O)(=O)c2ccccc2)CC1)N(C)Cc1ccccc1. The lowest BCUT2D eigenvalue weighted by Crippen LogP contribution is -2.54. The molecule has 0 aromatic heterocycles. The van der Waals surface area contributed by atoms with E-state index >= 15 is 0 Å². The number of hydrogen-bond donors (Lipinski definition) is 0. The summed E-state index contributed by atoms with van der Waals surface area (Å²) in [5, 5.41) is 0. The molecule has 1 fully saturated rings. The Labute approximate surface area is 167 Å². The summed E-state index contributed by atoms with van der Waals surface area (Å²) in [5.74, 6) is 0.0372. The van der Waals surface area contributed by atoms with Crippen LogP contribution < -0.4 is 0 Å². The van der Waals surface area contributed by atoms with E-state index in [0.29, 0.717) is 37.6 Å². The molecule has 1 atom stereocenters. The Morgan fingerprint density at radius 2 is 1.50 bits per heavy atom. The lowest BCUT2D eigenvalue weighted by molar-refractivity contribution is -0.137. The van der Waals surface area contributed by atoms with Gasteiger partial charge in [0.05, 0.1) is 10.9 Å². The van der Waals surface area contributed by atoms with Crippen LogP contribution in [0.1, 0.15) is 12.5 Å². The van der Waals surface area contributed by atoms with Crippen molar-refractivity contribution in [3.8, 4) is 0 Å². The molecule has 1 aliphatic rings. The van der Waals surface area contributed by atoms with E-state index in [0.717, 1.165) is 5.56 Å². The molecule has 0 unspecified atom stereocenters. The van der Waals surface area contributed by atoms with E-state index < -0.39 is 10.0 Å². The number of nitrogens with zero attached hydrogens (tertiary/aromatic N) is 3. The van der Waals surface area contributed by atoms with Crippen LogP contribution in [0.3, 0.4) is 0 Å². The molecule has 1 saturated heterocycles. The average molecular weight is 402 g/mol. The Kier molecular flexibility index (Phi) is 6.49. The maximum Gasteiger partial charge on any atom is 0.243 e. The third-order valence-electron chi connectivity index (χ3n) is 5.22. The summed E-state index contributed by atoms with van der Waals surface area (Å²) in [7, 11) is -1.57. The molecule has 0 aliphatic carbocycles. The molecular formula is C21H27N3O3S. The van der Waals surface area contributed by atoms with E-state index in [1.165, 1.54) is 4.31 Å². The molecule has 1 amide bonds. The minimum absolute atomic E-state index is 0.0372. The molecule has 1 aliphatic heterocycles. The van der Waals surface area contributed by atoms with E-state index in [1.807, 2.05) is 49.2 Å². The largest absolute Gasteiger partial charge is 0.339 e. The maximum absolute atomic E-state index is 12.9. The standard InChI is InChI=1S/C21H27N3O3S/c1-18(22(2)17-19-9-5-3-6-10-19)21(25)23-13-15-24(16-14-23)28(26,27)20-11-7-4-8-12-20/h3-12,18H,13-17H2,1-2H3/t18-/m0/s1. The monoisotopic (exact) mass is 401 g/mol. The topological polar surface area (TPSA) is 60.9 Å². The molecule has 0 saturated carbocycles. The Balaban J connectivity index is 1.57. The van der Waals surface area contributed by atoms with Crippen molar-refractivity contribution in [3.05, 3.63) is 66.2 Å². The van der Waals surface area contributed by atoms with Crippen molar-refractivity contribution >= 4 is 15.9 Å². The van der Waals surface area contributed by atoms with Crippen molar-refractivity contribution < 1.29 is 13.2 Å². The van der Waals surface area contributed by atoms with Crippen molar-refractivity contribution in [1.29, 1.82) is 0 Å². The van der Waals surface area contributed by atoms with Crippen LogP contribution >= 0.6 is 0 Å². The predicted octanol–water partition coefficient (Wildman–Crippen LogP) is 2.04. The number of rotatable bonds is 6. The molecule has 3 rings (SSSR count). The van der Waals surface area contributed by atoms with Crippen LogP contribution in [0.2, 0.25) is 0 Å². The van der Waals surface area contributed by atoms with E-state index in [4.69, 9.17) is 0 Å². The minimum Gasteiger partial charge on any atom is -0.339 e. The molecule has 28 heavy (non-hydrogen) atoms. The zero-order valence-corrected chi connectivity index (χ0v) is 17.2. The molecule has 2 aromatic rings. The van der Waals surface area contributed by atoms with Gasteiger partial charge in [0.15, 0.2) is 0 Å². The van der Waals surface area contributed by atoms with Gasteiger partial charge in [0.25, 0.3) is 0 Å². The number of carbonyl (C=O) groups excluding carboxylic acids is 1. The molecule has 0 spiro atoms. The fourth-order valence-corrected chi connectivity index (χ4v) is 4.79. The predicted molar refractivity (Wildman–Crippen MR) is 109 cm³/mol. The quantitative estimate of drug-likeness (QED) is 0.743. The van der Waals surface area contributed by atoms with Crippen molar-refractivity contribution in [2.45, 2.75) is 24.4 Å². The Morgan fingerprint density at radius 1 is 0.964 bits per heavy atom. The van der Waals surface area contributed by atoms with Gasteiger partial charge in [-0.3, -0.25) is 9.69 Å². The third kappa shape index (κ3) is 4.60. The number of benzene rings is 2. The first kappa shape index (κ1) is 20.5. The molecule has 1 heterocycles. The van der Waals surface area contributed by atoms with Gasteiger partial charge < -0.3 is 4.90 Å². The van der Waals surface area contributed by atoms with E-state index in [1.54, 1.807) is 35.2 Å². The van der Waals surface area contributed by atoms with Gasteiger partial charge >= 0.3 is 0 Å². The first-order valence-electron chi connectivity index (χ1n) is 9.48. The van der Waals surface area contributed by atoms with Crippen LogP contribution in [0.5, 0.6) is 0 Å². The molecule has 0 bridgehead atoms. The van der Waals surface area contributed by atoms with Crippen LogP contribution in [0.4, 0.5) is 0 Å². The van der Waals surface area contributed by atoms with Gasteiger partial charge in [0, 0.05) is 32.7 Å². The molecule has 0 N–H and O–H groups in total. The number of amides is 1. The highest BCUT2D eigenvalue weighted by Crippen LogP contribution is 2.18. The first-order valence-corrected chi connectivity index (χ1v) is 10.9. The van der Waals surface area contributed by atoms with Crippen LogP contribution in [-0.4, -0.2) is 67.7 Å². The van der Waals surface area contributed by atoms with Gasteiger partial charge in [0.2, 0.25) is 15.9 Å². The summed E-state index contributed by atoms with van der Waals surface area (Å²) in [5.41, 5.74) is 1.16. The third-order valence-corrected chi connectivity index (χ3v) is 7.14. The highest BCUT2D eigenvalue weighted by atomic mass is 32.2. The Bertz CT molecular complexity index is 880. The van der Waals surface area contributed by atoms with Crippen LogP contribution in [-0.2, 0) is 21.4 Å². The van der Waals surface area contributed by atoms with Gasteiger partial charge in [-0.2, -0.15) is 4.31 Å². The fraction of sp³-hybridized carbons (Fsp3) is 0.381. The fourth-order valence-electron chi connectivity index (χ4n) is 3.35. The Hall–Kier alpha value is -2.22. The molecule has 150 valence electrons. The lowest BCUT2D eigenvalue weighted by atomic mass is 10.1. The van der Waals surface area contributed by atoms with Gasteiger partial charge in [0.1, 0.15) is 0 Å². The van der Waals surface area contributed by atoms with Crippen molar-refractivity contribution in [2.75, 3.05) is 33.2 Å². The number of likely N-dealkylation sites (N-methyl/N-ethyl adjacent to an activating group) is 1. The smallest absolute Gasteiger partial charge is 0.243 e. The van der Waals surface area contributed by atoms with Gasteiger partial charge in [-0.05, 0) is 31.7 Å². The maximum atomic E-state index is 12.9. The average Bonchev–Trinajstić information content (AvgIpc) is 2.74. The van der Waals surface area contributed by atoms with Gasteiger partial charge in [-0.25, -0.2) is 8.42 Å². The van der Waals surface area contributed by atoms with E-state index in [2.05, 4.69) is 0 Å². The molecular weight excluding hydrogens is 374 g/mol. The summed E-state index contributed by atoms with van der Waals surface area (Å²) < 4.78 is 26.9. The minimum atomic E-state index is -3.50. The first-order chi connectivity index (χ1) is 13.4. The second-order valence-electron chi connectivity index (χ2n) is 7.12. The number of piperazine rings is 1. The van der Waals surface area contributed by atoms with E-state index in [9.17, 15) is 13.2 Å². The second-order valence-corrected chi connectivity index (χ2v) is 9.06. The highest BCUT2D eigenvalue weighted by molar-refractivity contribution is 7.89. The number of hydrogen-bond acceptors (Lipinski definition) is 4. The normalized spacial score (nSPS) is 16.9. The van der Waals surface area contributed by atoms with Crippen molar-refractivity contribution in [1.82, 2.24) is 14.1 Å². The zero-order valence-electron chi connectivity index (χ0n) is 16.4.